The van der Waals surface area contributed by atoms with Gasteiger partial charge in [0.1, 0.15) is 0 Å². The van der Waals surface area contributed by atoms with Gasteiger partial charge in [0, 0.05) is 32.9 Å². The van der Waals surface area contributed by atoms with E-state index in [0.717, 1.165) is 0 Å². The highest BCUT2D eigenvalue weighted by molar-refractivity contribution is 6.15. The van der Waals surface area contributed by atoms with Crippen molar-refractivity contribution >= 4 is 33.2 Å². The van der Waals surface area contributed by atoms with E-state index >= 15 is 0 Å². The van der Waals surface area contributed by atoms with Crippen LogP contribution in [0.25, 0.3) is 66.6 Å². The topological polar surface area (TPSA) is 37.7 Å². The van der Waals surface area contributed by atoms with Crippen LogP contribution in [0.1, 0.15) is 11.1 Å². The van der Waals surface area contributed by atoms with Crippen LogP contribution in [0.3, 0.4) is 0 Å². The Balaban J connectivity index is 1.20. The van der Waals surface area contributed by atoms with Crippen molar-refractivity contribution in [1.29, 1.82) is 0 Å². The molecule has 1 aliphatic heterocycles. The first kappa shape index (κ1) is 22.6. The summed E-state index contributed by atoms with van der Waals surface area (Å²) in [5.41, 5.74) is 14.6. The molecule has 2 heteroatoms. The van der Waals surface area contributed by atoms with Gasteiger partial charge >= 0.3 is 0 Å². The summed E-state index contributed by atoms with van der Waals surface area (Å²) in [5.74, 6) is 0. The highest BCUT2D eigenvalue weighted by atomic mass is 15.0. The van der Waals surface area contributed by atoms with Crippen LogP contribution in [0.4, 0.5) is 0 Å². The van der Waals surface area contributed by atoms with Gasteiger partial charge in [0.15, 0.2) is 0 Å². The van der Waals surface area contributed by atoms with E-state index in [2.05, 4.69) is 156 Å². The maximum atomic E-state index is 3.60. The van der Waals surface area contributed by atoms with Crippen molar-refractivity contribution in [2.45, 2.75) is 0 Å². The van der Waals surface area contributed by atoms with Crippen LogP contribution in [0.15, 0.2) is 146 Å². The molecule has 0 fully saturated rings. The SMILES string of the molecule is c1ccc(C2=C(c3ccccc3-c3ccc(-c4ccccc4-c4cccc5[nH]c6ccccc6c45)cc3)N2)cc1. The Hall–Kier alpha value is -5.34. The van der Waals surface area contributed by atoms with E-state index in [0.29, 0.717) is 0 Å². The molecule has 2 heterocycles. The molecule has 8 rings (SSSR count). The molecule has 0 unspecified atom stereocenters. The lowest BCUT2D eigenvalue weighted by atomic mass is 9.90. The number of H-pyrrole nitrogens is 1. The fourth-order valence-electron chi connectivity index (χ4n) is 6.00. The molecule has 0 saturated heterocycles. The van der Waals surface area contributed by atoms with Crippen LogP contribution in [0.5, 0.6) is 0 Å². The summed E-state index contributed by atoms with van der Waals surface area (Å²) in [6, 6.07) is 52.1. The maximum Gasteiger partial charge on any atom is 0.0710 e. The Kier molecular flexibility index (Phi) is 5.17. The zero-order chi connectivity index (χ0) is 26.5. The second kappa shape index (κ2) is 9.14. The third-order valence-corrected chi connectivity index (χ3v) is 7.95. The third-order valence-electron chi connectivity index (χ3n) is 7.95. The van der Waals surface area contributed by atoms with E-state index in [-0.39, 0.29) is 0 Å². The van der Waals surface area contributed by atoms with Crippen molar-refractivity contribution in [3.05, 3.63) is 157 Å². The first-order valence-corrected chi connectivity index (χ1v) is 13.7. The van der Waals surface area contributed by atoms with Crippen LogP contribution in [0.2, 0.25) is 0 Å². The predicted molar refractivity (Wildman–Crippen MR) is 169 cm³/mol. The van der Waals surface area contributed by atoms with E-state index < -0.39 is 0 Å². The Morgan fingerprint density at radius 1 is 0.325 bits per heavy atom. The summed E-state index contributed by atoms with van der Waals surface area (Å²) in [6.45, 7) is 0. The molecule has 1 aliphatic rings. The molecule has 188 valence electrons. The van der Waals surface area contributed by atoms with Gasteiger partial charge in [-0.15, -0.1) is 0 Å². The molecule has 0 atom stereocenters. The Bertz CT molecular complexity index is 2060. The van der Waals surface area contributed by atoms with Crippen molar-refractivity contribution in [2.75, 3.05) is 0 Å². The third kappa shape index (κ3) is 3.73. The van der Waals surface area contributed by atoms with E-state index in [1.54, 1.807) is 0 Å². The molecule has 2 nitrogen and oxygen atoms in total. The lowest BCUT2D eigenvalue weighted by Gasteiger charge is -2.13. The monoisotopic (exact) mass is 510 g/mol. The van der Waals surface area contributed by atoms with Crippen molar-refractivity contribution in [2.24, 2.45) is 0 Å². The van der Waals surface area contributed by atoms with Gasteiger partial charge in [-0.25, -0.2) is 0 Å². The average Bonchev–Trinajstić information content (AvgIpc) is 3.74. The molecule has 0 saturated carbocycles. The molecule has 0 radical (unpaired) electrons. The van der Waals surface area contributed by atoms with E-state index in [9.17, 15) is 0 Å². The van der Waals surface area contributed by atoms with Crippen LogP contribution in [0, 0.1) is 0 Å². The van der Waals surface area contributed by atoms with Gasteiger partial charge < -0.3 is 10.3 Å². The smallest absolute Gasteiger partial charge is 0.0710 e. The molecule has 0 bridgehead atoms. The first-order valence-electron chi connectivity index (χ1n) is 13.7. The molecule has 6 aromatic carbocycles. The molecule has 2 N–H and O–H groups in total. The van der Waals surface area contributed by atoms with Gasteiger partial charge in [-0.1, -0.05) is 133 Å². The summed E-state index contributed by atoms with van der Waals surface area (Å²) in [5, 5.41) is 6.06. The Morgan fingerprint density at radius 3 is 1.62 bits per heavy atom. The lowest BCUT2D eigenvalue weighted by Crippen LogP contribution is -1.89. The predicted octanol–water partition coefficient (Wildman–Crippen LogP) is 9.75. The molecule has 0 amide bonds. The van der Waals surface area contributed by atoms with Crippen molar-refractivity contribution in [3.63, 3.8) is 0 Å². The molecular formula is C38H26N2. The molecule has 7 aromatic rings. The highest BCUT2D eigenvalue weighted by Crippen LogP contribution is 2.42. The van der Waals surface area contributed by atoms with Gasteiger partial charge in [0.2, 0.25) is 0 Å². The van der Waals surface area contributed by atoms with Crippen molar-refractivity contribution in [3.8, 4) is 33.4 Å². The number of para-hydroxylation sites is 1. The lowest BCUT2D eigenvalue weighted by molar-refractivity contribution is 1.43. The summed E-state index contributed by atoms with van der Waals surface area (Å²) in [4.78, 5) is 3.60. The fourth-order valence-corrected chi connectivity index (χ4v) is 6.00. The van der Waals surface area contributed by atoms with Crippen LogP contribution >= 0.6 is 0 Å². The number of rotatable bonds is 5. The summed E-state index contributed by atoms with van der Waals surface area (Å²) in [7, 11) is 0. The van der Waals surface area contributed by atoms with Gasteiger partial charge in [0.05, 0.1) is 11.4 Å². The van der Waals surface area contributed by atoms with E-state index in [1.807, 2.05) is 0 Å². The van der Waals surface area contributed by atoms with Crippen LogP contribution < -0.4 is 5.32 Å². The molecule has 1 aromatic heterocycles. The number of aromatic amines is 1. The largest absolute Gasteiger partial charge is 0.354 e. The van der Waals surface area contributed by atoms with Gasteiger partial charge in [-0.2, -0.15) is 0 Å². The quantitative estimate of drug-likeness (QED) is 0.238. The molecule has 40 heavy (non-hydrogen) atoms. The summed E-state index contributed by atoms with van der Waals surface area (Å²) >= 11 is 0. The van der Waals surface area contributed by atoms with Crippen LogP contribution in [-0.2, 0) is 0 Å². The standard InChI is InChI=1S/C38H26N2/c1-2-11-27(12-3-1)37-38(40-37)32-16-7-5-14-29(32)26-23-21-25(22-24-26)28-13-4-6-15-30(28)31-18-10-20-35-36(31)33-17-8-9-19-34(33)39-35/h1-24,39-40H. The maximum absolute atomic E-state index is 3.60. The minimum absolute atomic E-state index is 1.17. The van der Waals surface area contributed by atoms with E-state index in [4.69, 9.17) is 0 Å². The normalized spacial score (nSPS) is 12.6. The Labute approximate surface area is 233 Å². The summed E-state index contributed by atoms with van der Waals surface area (Å²) in [6.07, 6.45) is 0. The number of hydrogen-bond acceptors (Lipinski definition) is 1. The number of hydrogen-bond donors (Lipinski definition) is 2. The number of nitrogens with one attached hydrogen (secondary N) is 2. The zero-order valence-electron chi connectivity index (χ0n) is 21.9. The minimum Gasteiger partial charge on any atom is -0.354 e. The van der Waals surface area contributed by atoms with Crippen molar-refractivity contribution in [1.82, 2.24) is 10.3 Å². The second-order valence-corrected chi connectivity index (χ2v) is 10.3. The number of benzene rings is 6. The Morgan fingerprint density at radius 2 is 0.875 bits per heavy atom. The zero-order valence-corrected chi connectivity index (χ0v) is 21.9. The minimum atomic E-state index is 1.17. The molecule has 0 spiro atoms. The summed E-state index contributed by atoms with van der Waals surface area (Å²) < 4.78 is 0. The average molecular weight is 511 g/mol. The number of fused-ring (bicyclic) bond motifs is 3. The van der Waals surface area contributed by atoms with Crippen molar-refractivity contribution < 1.29 is 0 Å². The molecular weight excluding hydrogens is 484 g/mol. The van der Waals surface area contributed by atoms with Gasteiger partial charge in [-0.3, -0.25) is 0 Å². The number of aromatic nitrogens is 1. The van der Waals surface area contributed by atoms with E-state index in [1.165, 1.54) is 77.7 Å². The fraction of sp³-hybridized carbons (Fsp3) is 0. The second-order valence-electron chi connectivity index (χ2n) is 10.3. The highest BCUT2D eigenvalue weighted by Gasteiger charge is 2.26. The first-order chi connectivity index (χ1) is 19.8. The van der Waals surface area contributed by atoms with Crippen LogP contribution in [-0.4, -0.2) is 4.98 Å². The molecule has 0 aliphatic carbocycles. The van der Waals surface area contributed by atoms with Gasteiger partial charge in [-0.05, 0) is 45.5 Å². The van der Waals surface area contributed by atoms with Gasteiger partial charge in [0.25, 0.3) is 0 Å².